The van der Waals surface area contributed by atoms with Crippen molar-refractivity contribution in [1.29, 1.82) is 0 Å². The van der Waals surface area contributed by atoms with Crippen molar-refractivity contribution in [3.05, 3.63) is 0 Å². The Balaban J connectivity index is -0.0000000216. The van der Waals surface area contributed by atoms with Crippen LogP contribution in [0.25, 0.3) is 0 Å². The number of carbonyl (C=O) groups is 1. The van der Waals surface area contributed by atoms with Crippen molar-refractivity contribution in [2.45, 2.75) is 0 Å². The van der Waals surface area contributed by atoms with Crippen molar-refractivity contribution >= 4 is 248 Å². The topological polar surface area (TPSA) is 214 Å². The molecule has 20 heavy (non-hydrogen) atoms. The van der Waals surface area contributed by atoms with Gasteiger partial charge in [-0.15, -0.1) is 0 Å². The van der Waals surface area contributed by atoms with Crippen molar-refractivity contribution in [1.82, 2.24) is 0 Å². The molecule has 8 N–H and O–H groups in total. The number of hydrogen-bond donors (Lipinski definition) is 4. The van der Waals surface area contributed by atoms with E-state index in [1.807, 2.05) is 0 Å². The summed E-state index contributed by atoms with van der Waals surface area (Å²) in [5.41, 5.74) is 0. The van der Waals surface area contributed by atoms with E-state index in [1.165, 1.54) is 0 Å². The molecule has 0 rings (SSSR count). The van der Waals surface area contributed by atoms with Crippen LogP contribution in [0, 0.1) is 0 Å². The van der Waals surface area contributed by atoms with Crippen LogP contribution in [-0.2, 0) is 18.0 Å². The Morgan fingerprint density at radius 1 is 0.800 bits per heavy atom. The average Bonchev–Trinajstić information content (AvgIpc) is 1.48. The first-order valence-electron chi connectivity index (χ1n) is 2.14. The van der Waals surface area contributed by atoms with Crippen LogP contribution in [-0.4, -0.2) is 263 Å². The first-order chi connectivity index (χ1) is 5.12. The van der Waals surface area contributed by atoms with Crippen LogP contribution in [0.2, 0.25) is 0 Å². The summed E-state index contributed by atoms with van der Waals surface area (Å²) in [7, 11) is -10.5. The summed E-state index contributed by atoms with van der Waals surface area (Å²) in [6.07, 6.45) is -2.19. The number of phosphoric acid groups is 2. The molecule has 0 aromatic heterocycles. The van der Waals surface area contributed by atoms with Crippen LogP contribution in [0.5, 0.6) is 0 Å². The molecule has 0 aliphatic heterocycles. The van der Waals surface area contributed by atoms with Gasteiger partial charge < -0.3 is 30.4 Å². The Labute approximate surface area is 293 Å². The molecule has 11 nitrogen and oxygen atoms in total. The van der Waals surface area contributed by atoms with Gasteiger partial charge in [-0.25, -0.2) is 13.9 Å². The van der Waals surface area contributed by atoms with Crippen LogP contribution >= 0.6 is 15.6 Å². The first-order valence-corrected chi connectivity index (χ1v) is 5.17. The predicted molar refractivity (Wildman–Crippen MR) is 90.6 cm³/mol. The number of rotatable bonds is 3. The van der Waals surface area contributed by atoms with E-state index in [2.05, 4.69) is 8.83 Å². The molecule has 1 atom stereocenters. The molecule has 0 heterocycles. The maximum absolute atomic E-state index is 10.3. The van der Waals surface area contributed by atoms with Crippen molar-refractivity contribution in [3.8, 4) is 0 Å². The van der Waals surface area contributed by atoms with E-state index < -0.39 is 21.8 Å². The molecule has 0 spiro atoms. The minimum atomic E-state index is -5.24. The van der Waals surface area contributed by atoms with Gasteiger partial charge >= 0.3 is 248 Å². The zero-order valence-corrected chi connectivity index (χ0v) is 8.01. The average molecular weight is 511 g/mol. The Bertz CT molecular complexity index is 278. The predicted octanol–water partition coefficient (Wildman–Crippen LogP) is -7.26. The second kappa shape index (κ2) is 28.3. The van der Waals surface area contributed by atoms with Gasteiger partial charge in [0.25, 0.3) is 0 Å². The summed E-state index contributed by atoms with van der Waals surface area (Å²) in [5.74, 6) is 0. The fourth-order valence-electron chi connectivity index (χ4n) is 0.250. The molecule has 0 saturated carbocycles. The van der Waals surface area contributed by atoms with E-state index in [0.29, 0.717) is 0 Å². The van der Waals surface area contributed by atoms with Crippen LogP contribution in [0.4, 0.5) is 4.79 Å². The number of phosphoric ester groups is 1. The molecule has 0 aliphatic carbocycles. The second-order valence-corrected chi connectivity index (χ2v) is 4.15. The van der Waals surface area contributed by atoms with Gasteiger partial charge in [-0.3, -0.25) is 4.89 Å². The Morgan fingerprint density at radius 2 is 1.05 bits per heavy atom. The summed E-state index contributed by atoms with van der Waals surface area (Å²) < 4.78 is 26.4. The molecule has 0 aromatic carbocycles. The molecule has 0 aliphatic rings. The fraction of sp³-hybridized carbons (Fsp3) is 0. The van der Waals surface area contributed by atoms with Gasteiger partial charge in [0.2, 0.25) is 0 Å². The van der Waals surface area contributed by atoms with Gasteiger partial charge in [-0.05, 0) is 0 Å². The molecule has 0 radical (unpaired) electrons. The summed E-state index contributed by atoms with van der Waals surface area (Å²) in [4.78, 5) is 33.8. The second-order valence-electron chi connectivity index (χ2n) is 1.40. The van der Waals surface area contributed by atoms with Crippen LogP contribution in [0.3, 0.4) is 0 Å². The van der Waals surface area contributed by atoms with Gasteiger partial charge in [-0.1, -0.05) is 0 Å². The molecular formula is CH20Ca6O11P2. The molecule has 0 bridgehead atoms. The summed E-state index contributed by atoms with van der Waals surface area (Å²) in [6.45, 7) is 0. The third-order valence-corrected chi connectivity index (χ3v) is 2.47. The van der Waals surface area contributed by atoms with Gasteiger partial charge in [-0.2, -0.15) is 4.31 Å². The molecule has 0 amide bonds. The summed E-state index contributed by atoms with van der Waals surface area (Å²) in [5, 5.41) is 7.76. The van der Waals surface area contributed by atoms with Crippen LogP contribution < -0.4 is 0 Å². The van der Waals surface area contributed by atoms with Gasteiger partial charge in [0.15, 0.2) is 0 Å². The molecular weight excluding hydrogens is 490 g/mol. The van der Waals surface area contributed by atoms with E-state index in [0.717, 1.165) is 0 Å². The Hall–Kier alpha value is 7.05. The zero-order chi connectivity index (χ0) is 9.99. The number of carboxylic acid groups (broad SMARTS) is 1. The van der Waals surface area contributed by atoms with Gasteiger partial charge in [0, 0.05) is 0 Å². The normalized spacial score (nSPS) is 9.95. The van der Waals surface area contributed by atoms with E-state index in [1.54, 1.807) is 0 Å². The summed E-state index contributed by atoms with van der Waals surface area (Å²) in [6, 6.07) is 0. The van der Waals surface area contributed by atoms with Crippen molar-refractivity contribution in [3.63, 3.8) is 0 Å². The summed E-state index contributed by atoms with van der Waals surface area (Å²) >= 11 is 0. The fourth-order valence-corrected chi connectivity index (χ4v) is 1.66. The standard InChI is InChI=1S/CH4O9P2.6Ca.2H2O.12H/c2-1(3)9-12(7,8)10-11(4,5)6;;;;;;;;;;;;;;;;;;;;/h(H,2,3)(H,7,8)(H2,4,5,6);;;;;;;2*1H2;;;;;;;;;;;;. The Kier molecular flexibility index (Phi) is 79.6. The first kappa shape index (κ1) is 56.3. The van der Waals surface area contributed by atoms with E-state index in [-0.39, 0.29) is 237 Å². The molecule has 0 aromatic rings. The van der Waals surface area contributed by atoms with Crippen molar-refractivity contribution in [2.24, 2.45) is 0 Å². The number of hydrogen-bond acceptors (Lipinski definition) is 5. The zero-order valence-electron chi connectivity index (χ0n) is 6.22. The maximum atomic E-state index is 10.3. The van der Waals surface area contributed by atoms with Crippen LogP contribution in [0.15, 0.2) is 0 Å². The monoisotopic (exact) mass is 510 g/mol. The van der Waals surface area contributed by atoms with E-state index in [4.69, 9.17) is 19.8 Å². The minimum absolute atomic E-state index is 0. The van der Waals surface area contributed by atoms with Crippen molar-refractivity contribution < 1.29 is 53.5 Å². The molecule has 1 unspecified atom stereocenters. The third kappa shape index (κ3) is 44.5. The molecule has 19 heteroatoms. The van der Waals surface area contributed by atoms with Gasteiger partial charge in [0.1, 0.15) is 0 Å². The quantitative estimate of drug-likeness (QED) is 0.209. The van der Waals surface area contributed by atoms with Crippen molar-refractivity contribution in [2.75, 3.05) is 0 Å². The van der Waals surface area contributed by atoms with E-state index in [9.17, 15) is 13.9 Å². The molecule has 112 valence electrons. The molecule has 0 saturated heterocycles. The third-order valence-electron chi connectivity index (χ3n) is 0.403. The van der Waals surface area contributed by atoms with Gasteiger partial charge in [0.05, 0.1) is 0 Å². The van der Waals surface area contributed by atoms with E-state index >= 15 is 0 Å². The van der Waals surface area contributed by atoms with Crippen LogP contribution in [0.1, 0.15) is 0 Å². The molecule has 0 fully saturated rings. The SMILES string of the molecule is O.O.O=C(O)OP(=O)(O)OP(=O)(O)O.[CaH2].[CaH2].[CaH2].[CaH2].[CaH2].[CaH2]. The Morgan fingerprint density at radius 3 is 1.20 bits per heavy atom.